The summed E-state index contributed by atoms with van der Waals surface area (Å²) in [6.45, 7) is 0. The van der Waals surface area contributed by atoms with Gasteiger partial charge in [0.15, 0.2) is 0 Å². The van der Waals surface area contributed by atoms with Gasteiger partial charge in [-0.25, -0.2) is 4.79 Å². The zero-order chi connectivity index (χ0) is 18.4. The van der Waals surface area contributed by atoms with Gasteiger partial charge in [0.1, 0.15) is 0 Å². The van der Waals surface area contributed by atoms with Gasteiger partial charge in [-0.05, 0) is 30.2 Å². The predicted molar refractivity (Wildman–Crippen MR) is 93.9 cm³/mol. The predicted octanol–water partition coefficient (Wildman–Crippen LogP) is 2.89. The highest BCUT2D eigenvalue weighted by Gasteiger charge is 2.16. The Bertz CT molecular complexity index is 906. The number of methoxy groups -OCH3 is 1. The van der Waals surface area contributed by atoms with Crippen LogP contribution in [-0.2, 0) is 17.6 Å². The minimum atomic E-state index is -0.537. The van der Waals surface area contributed by atoms with E-state index in [1.807, 2.05) is 30.3 Å². The zero-order valence-corrected chi connectivity index (χ0v) is 14.1. The number of hydrogen-bond donors (Lipinski definition) is 1. The lowest BCUT2D eigenvalue weighted by atomic mass is 10.1. The standard InChI is InChI=1S/C19H17N3O4/c1-25-19(24)14-8-5-9-15(12-14)20-17(23)18-22-21-16(26-18)11-10-13-6-3-2-4-7-13/h2-9,12H,10-11H2,1H3,(H,20,23). The smallest absolute Gasteiger partial charge is 0.337 e. The van der Waals surface area contributed by atoms with Crippen LogP contribution in [0.25, 0.3) is 0 Å². The fourth-order valence-electron chi connectivity index (χ4n) is 2.37. The molecule has 0 aliphatic rings. The maximum Gasteiger partial charge on any atom is 0.337 e. The maximum absolute atomic E-state index is 12.2. The number of ether oxygens (including phenoxy) is 1. The number of esters is 1. The molecular formula is C19H17N3O4. The first kappa shape index (κ1) is 17.3. The van der Waals surface area contributed by atoms with Crippen molar-refractivity contribution in [2.75, 3.05) is 12.4 Å². The fourth-order valence-corrected chi connectivity index (χ4v) is 2.37. The number of benzene rings is 2. The Morgan fingerprint density at radius 2 is 1.85 bits per heavy atom. The molecule has 0 bridgehead atoms. The molecule has 1 N–H and O–H groups in total. The van der Waals surface area contributed by atoms with Crippen LogP contribution in [-0.4, -0.2) is 29.2 Å². The lowest BCUT2D eigenvalue weighted by Crippen LogP contribution is -2.13. The van der Waals surface area contributed by atoms with E-state index >= 15 is 0 Å². The second-order valence-electron chi connectivity index (χ2n) is 5.51. The minimum absolute atomic E-state index is 0.128. The molecule has 3 aromatic rings. The van der Waals surface area contributed by atoms with Gasteiger partial charge < -0.3 is 14.5 Å². The lowest BCUT2D eigenvalue weighted by Gasteiger charge is -2.04. The van der Waals surface area contributed by atoms with E-state index in [1.54, 1.807) is 18.2 Å². The summed E-state index contributed by atoms with van der Waals surface area (Å²) in [4.78, 5) is 23.8. The number of carbonyl (C=O) groups excluding carboxylic acids is 2. The van der Waals surface area contributed by atoms with Crippen LogP contribution in [0.1, 0.15) is 32.5 Å². The van der Waals surface area contributed by atoms with Gasteiger partial charge in [-0.1, -0.05) is 36.4 Å². The highest BCUT2D eigenvalue weighted by molar-refractivity contribution is 6.01. The number of rotatable bonds is 6. The van der Waals surface area contributed by atoms with E-state index < -0.39 is 11.9 Å². The van der Waals surface area contributed by atoms with E-state index in [2.05, 4.69) is 20.3 Å². The highest BCUT2D eigenvalue weighted by atomic mass is 16.5. The summed E-state index contributed by atoms with van der Waals surface area (Å²) < 4.78 is 10.1. The van der Waals surface area contributed by atoms with Gasteiger partial charge in [0.05, 0.1) is 12.7 Å². The van der Waals surface area contributed by atoms with Gasteiger partial charge in [0, 0.05) is 12.1 Å². The van der Waals surface area contributed by atoms with Crippen molar-refractivity contribution in [2.45, 2.75) is 12.8 Å². The summed E-state index contributed by atoms with van der Waals surface area (Å²) in [5.41, 5.74) is 1.91. The number of nitrogens with zero attached hydrogens (tertiary/aromatic N) is 2. The molecule has 1 aromatic heterocycles. The highest BCUT2D eigenvalue weighted by Crippen LogP contribution is 2.13. The molecule has 0 spiro atoms. The van der Waals surface area contributed by atoms with Gasteiger partial charge >= 0.3 is 17.8 Å². The van der Waals surface area contributed by atoms with E-state index in [1.165, 1.54) is 13.2 Å². The van der Waals surface area contributed by atoms with E-state index in [0.29, 0.717) is 23.6 Å². The van der Waals surface area contributed by atoms with Crippen molar-refractivity contribution in [1.82, 2.24) is 10.2 Å². The van der Waals surface area contributed by atoms with Crippen LogP contribution in [0.5, 0.6) is 0 Å². The molecule has 0 aliphatic heterocycles. The molecule has 26 heavy (non-hydrogen) atoms. The van der Waals surface area contributed by atoms with E-state index in [0.717, 1.165) is 12.0 Å². The Morgan fingerprint density at radius 3 is 2.62 bits per heavy atom. The van der Waals surface area contributed by atoms with E-state index in [-0.39, 0.29) is 5.89 Å². The molecule has 0 unspecified atom stereocenters. The van der Waals surface area contributed by atoms with Gasteiger partial charge in [0.2, 0.25) is 5.89 Å². The summed E-state index contributed by atoms with van der Waals surface area (Å²) in [7, 11) is 1.29. The molecule has 0 atom stereocenters. The summed E-state index contributed by atoms with van der Waals surface area (Å²) in [5, 5.41) is 10.3. The molecule has 0 saturated carbocycles. The molecule has 1 heterocycles. The van der Waals surface area contributed by atoms with Gasteiger partial charge in [0.25, 0.3) is 0 Å². The van der Waals surface area contributed by atoms with Gasteiger partial charge in [-0.15, -0.1) is 10.2 Å². The van der Waals surface area contributed by atoms with Crippen molar-refractivity contribution >= 4 is 17.6 Å². The summed E-state index contributed by atoms with van der Waals surface area (Å²) in [6.07, 6.45) is 1.29. The van der Waals surface area contributed by atoms with Gasteiger partial charge in [-0.2, -0.15) is 0 Å². The first-order valence-electron chi connectivity index (χ1n) is 8.02. The second kappa shape index (κ2) is 8.06. The maximum atomic E-state index is 12.2. The quantitative estimate of drug-likeness (QED) is 0.686. The third kappa shape index (κ3) is 4.32. The number of amides is 1. The number of aryl methyl sites for hydroxylation is 2. The summed E-state index contributed by atoms with van der Waals surface area (Å²) >= 11 is 0. The van der Waals surface area contributed by atoms with E-state index in [9.17, 15) is 9.59 Å². The number of carbonyl (C=O) groups is 2. The van der Waals surface area contributed by atoms with Crippen LogP contribution in [0.3, 0.4) is 0 Å². The first-order valence-corrected chi connectivity index (χ1v) is 8.02. The SMILES string of the molecule is COC(=O)c1cccc(NC(=O)c2nnc(CCc3ccccc3)o2)c1. The monoisotopic (exact) mass is 351 g/mol. The number of nitrogens with one attached hydrogen (secondary N) is 1. The van der Waals surface area contributed by atoms with E-state index in [4.69, 9.17) is 4.42 Å². The van der Waals surface area contributed by atoms with Crippen molar-refractivity contribution in [1.29, 1.82) is 0 Å². The topological polar surface area (TPSA) is 94.3 Å². The third-order valence-electron chi connectivity index (χ3n) is 3.67. The van der Waals surface area contributed by atoms with Crippen LogP contribution in [0.4, 0.5) is 5.69 Å². The Labute approximate surface area is 150 Å². The summed E-state index contributed by atoms with van der Waals surface area (Å²) in [5.74, 6) is -0.758. The van der Waals surface area contributed by atoms with Crippen molar-refractivity contribution in [2.24, 2.45) is 0 Å². The van der Waals surface area contributed by atoms with Crippen molar-refractivity contribution in [3.05, 3.63) is 77.5 Å². The van der Waals surface area contributed by atoms with Crippen molar-refractivity contribution in [3.63, 3.8) is 0 Å². The minimum Gasteiger partial charge on any atom is -0.465 e. The third-order valence-corrected chi connectivity index (χ3v) is 3.67. The molecule has 2 aromatic carbocycles. The Balaban J connectivity index is 1.62. The van der Waals surface area contributed by atoms with Crippen molar-refractivity contribution < 1.29 is 18.7 Å². The molecule has 1 amide bonds. The molecular weight excluding hydrogens is 334 g/mol. The number of aromatic nitrogens is 2. The summed E-state index contributed by atoms with van der Waals surface area (Å²) in [6, 6.07) is 16.3. The first-order chi connectivity index (χ1) is 12.7. The van der Waals surface area contributed by atoms with Gasteiger partial charge in [-0.3, -0.25) is 4.79 Å². The van der Waals surface area contributed by atoms with Crippen LogP contribution in [0, 0.1) is 0 Å². The molecule has 7 nitrogen and oxygen atoms in total. The normalized spacial score (nSPS) is 10.3. The average Bonchev–Trinajstić information content (AvgIpc) is 3.16. The largest absolute Gasteiger partial charge is 0.465 e. The van der Waals surface area contributed by atoms with Crippen LogP contribution in [0.15, 0.2) is 59.0 Å². The Morgan fingerprint density at radius 1 is 1.04 bits per heavy atom. The van der Waals surface area contributed by atoms with Crippen LogP contribution in [0.2, 0.25) is 0 Å². The molecule has 132 valence electrons. The molecule has 0 saturated heterocycles. The Hall–Kier alpha value is -3.48. The fraction of sp³-hybridized carbons (Fsp3) is 0.158. The number of anilines is 1. The molecule has 0 radical (unpaired) electrons. The average molecular weight is 351 g/mol. The number of hydrogen-bond acceptors (Lipinski definition) is 6. The van der Waals surface area contributed by atoms with Crippen LogP contribution >= 0.6 is 0 Å². The van der Waals surface area contributed by atoms with Crippen LogP contribution < -0.4 is 5.32 Å². The molecule has 3 rings (SSSR count). The zero-order valence-electron chi connectivity index (χ0n) is 14.1. The molecule has 7 heteroatoms. The lowest BCUT2D eigenvalue weighted by molar-refractivity contribution is 0.0600. The molecule has 0 fully saturated rings. The van der Waals surface area contributed by atoms with Crippen molar-refractivity contribution in [3.8, 4) is 0 Å². The Kier molecular flexibility index (Phi) is 5.38. The second-order valence-corrected chi connectivity index (χ2v) is 5.51. The molecule has 0 aliphatic carbocycles.